The fourth-order valence-corrected chi connectivity index (χ4v) is 1.29. The predicted octanol–water partition coefficient (Wildman–Crippen LogP) is 1.45. The van der Waals surface area contributed by atoms with E-state index < -0.39 is 0 Å². The van der Waals surface area contributed by atoms with Crippen LogP contribution in [-0.4, -0.2) is 23.3 Å². The van der Waals surface area contributed by atoms with Crippen molar-refractivity contribution in [3.63, 3.8) is 0 Å². The standard InChI is InChI=1S/C11H14N2O2/c1-8(2)11-9(7-12)10(3-4-13-11)15-6-5-14/h3-4,8,14H,5-6H2,1-2H3. The Labute approximate surface area is 89.1 Å². The van der Waals surface area contributed by atoms with Gasteiger partial charge in [0.2, 0.25) is 0 Å². The van der Waals surface area contributed by atoms with Gasteiger partial charge in [-0.1, -0.05) is 13.8 Å². The minimum Gasteiger partial charge on any atom is -0.490 e. The van der Waals surface area contributed by atoms with Crippen LogP contribution in [0.5, 0.6) is 5.75 Å². The molecule has 1 rings (SSSR count). The van der Waals surface area contributed by atoms with E-state index in [4.69, 9.17) is 15.1 Å². The second kappa shape index (κ2) is 5.32. The van der Waals surface area contributed by atoms with Gasteiger partial charge in [0.1, 0.15) is 24.0 Å². The highest BCUT2D eigenvalue weighted by atomic mass is 16.5. The molecule has 15 heavy (non-hydrogen) atoms. The molecule has 0 saturated heterocycles. The zero-order valence-electron chi connectivity index (χ0n) is 8.90. The summed E-state index contributed by atoms with van der Waals surface area (Å²) in [7, 11) is 0. The number of hydrogen-bond acceptors (Lipinski definition) is 4. The zero-order valence-corrected chi connectivity index (χ0v) is 8.90. The quantitative estimate of drug-likeness (QED) is 0.809. The maximum Gasteiger partial charge on any atom is 0.140 e. The van der Waals surface area contributed by atoms with Gasteiger partial charge in [0, 0.05) is 6.20 Å². The molecule has 0 spiro atoms. The van der Waals surface area contributed by atoms with Crippen molar-refractivity contribution in [3.05, 3.63) is 23.5 Å². The number of nitriles is 1. The van der Waals surface area contributed by atoms with Crippen molar-refractivity contribution in [2.24, 2.45) is 0 Å². The van der Waals surface area contributed by atoms with Gasteiger partial charge in [-0.3, -0.25) is 4.98 Å². The molecule has 1 aromatic rings. The Balaban J connectivity index is 3.06. The Kier molecular flexibility index (Phi) is 4.07. The van der Waals surface area contributed by atoms with Crippen molar-refractivity contribution in [1.82, 2.24) is 4.98 Å². The van der Waals surface area contributed by atoms with Gasteiger partial charge in [-0.2, -0.15) is 5.26 Å². The molecule has 0 fully saturated rings. The smallest absolute Gasteiger partial charge is 0.140 e. The first-order valence-electron chi connectivity index (χ1n) is 4.83. The highest BCUT2D eigenvalue weighted by molar-refractivity contribution is 5.46. The van der Waals surface area contributed by atoms with E-state index in [-0.39, 0.29) is 19.1 Å². The first-order chi connectivity index (χ1) is 7.20. The molecule has 0 aliphatic carbocycles. The van der Waals surface area contributed by atoms with Crippen molar-refractivity contribution in [2.45, 2.75) is 19.8 Å². The molecule has 0 radical (unpaired) electrons. The molecular formula is C11H14N2O2. The van der Waals surface area contributed by atoms with Crippen molar-refractivity contribution in [1.29, 1.82) is 5.26 Å². The van der Waals surface area contributed by atoms with Crippen LogP contribution in [0.25, 0.3) is 0 Å². The summed E-state index contributed by atoms with van der Waals surface area (Å²) in [5.41, 5.74) is 1.19. The number of ether oxygens (including phenoxy) is 1. The normalized spacial score (nSPS) is 10.1. The summed E-state index contributed by atoms with van der Waals surface area (Å²) in [6, 6.07) is 3.72. The molecule has 0 unspecified atom stereocenters. The van der Waals surface area contributed by atoms with E-state index in [9.17, 15) is 0 Å². The fraction of sp³-hybridized carbons (Fsp3) is 0.455. The van der Waals surface area contributed by atoms with E-state index in [1.807, 2.05) is 13.8 Å². The van der Waals surface area contributed by atoms with Gasteiger partial charge >= 0.3 is 0 Å². The molecule has 0 aromatic carbocycles. The summed E-state index contributed by atoms with van der Waals surface area (Å²) in [5.74, 6) is 0.669. The monoisotopic (exact) mass is 206 g/mol. The van der Waals surface area contributed by atoms with Crippen molar-refractivity contribution in [2.75, 3.05) is 13.2 Å². The lowest BCUT2D eigenvalue weighted by Crippen LogP contribution is -2.06. The van der Waals surface area contributed by atoms with Crippen molar-refractivity contribution >= 4 is 0 Å². The van der Waals surface area contributed by atoms with Crippen LogP contribution in [0.15, 0.2) is 12.3 Å². The van der Waals surface area contributed by atoms with Crippen LogP contribution < -0.4 is 4.74 Å². The largest absolute Gasteiger partial charge is 0.490 e. The van der Waals surface area contributed by atoms with E-state index in [0.717, 1.165) is 5.69 Å². The first-order valence-corrected chi connectivity index (χ1v) is 4.83. The Morgan fingerprint density at radius 2 is 2.33 bits per heavy atom. The number of aliphatic hydroxyl groups is 1. The summed E-state index contributed by atoms with van der Waals surface area (Å²) < 4.78 is 5.26. The highest BCUT2D eigenvalue weighted by Gasteiger charge is 2.13. The van der Waals surface area contributed by atoms with Crippen LogP contribution in [0.2, 0.25) is 0 Å². The van der Waals surface area contributed by atoms with Gasteiger partial charge in [0.15, 0.2) is 0 Å². The lowest BCUT2D eigenvalue weighted by atomic mass is 10.0. The van der Waals surface area contributed by atoms with Gasteiger partial charge in [-0.15, -0.1) is 0 Å². The molecule has 0 saturated carbocycles. The number of pyridine rings is 1. The number of hydrogen-bond donors (Lipinski definition) is 1. The summed E-state index contributed by atoms with van der Waals surface area (Å²) in [6.45, 7) is 4.07. The second-order valence-electron chi connectivity index (χ2n) is 3.41. The fourth-order valence-electron chi connectivity index (χ4n) is 1.29. The number of rotatable bonds is 4. The Hall–Kier alpha value is -1.60. The lowest BCUT2D eigenvalue weighted by molar-refractivity contribution is 0.201. The van der Waals surface area contributed by atoms with Crippen molar-refractivity contribution in [3.8, 4) is 11.8 Å². The molecule has 0 aliphatic heterocycles. The van der Waals surface area contributed by atoms with Gasteiger partial charge in [0.05, 0.1) is 12.3 Å². The van der Waals surface area contributed by atoms with Gasteiger partial charge in [-0.05, 0) is 12.0 Å². The molecule has 0 amide bonds. The molecule has 0 aliphatic rings. The summed E-state index contributed by atoms with van der Waals surface area (Å²) in [4.78, 5) is 4.15. The third-order valence-electron chi connectivity index (χ3n) is 1.95. The summed E-state index contributed by atoms with van der Waals surface area (Å²) >= 11 is 0. The first kappa shape index (κ1) is 11.5. The Morgan fingerprint density at radius 3 is 2.87 bits per heavy atom. The molecule has 80 valence electrons. The third kappa shape index (κ3) is 2.67. The average molecular weight is 206 g/mol. The molecule has 1 aromatic heterocycles. The summed E-state index contributed by atoms with van der Waals surface area (Å²) in [5, 5.41) is 17.7. The molecule has 1 heterocycles. The molecule has 4 nitrogen and oxygen atoms in total. The topological polar surface area (TPSA) is 66.1 Å². The SMILES string of the molecule is CC(C)c1nccc(OCCO)c1C#N. The minimum atomic E-state index is -0.0653. The Morgan fingerprint density at radius 1 is 1.60 bits per heavy atom. The highest BCUT2D eigenvalue weighted by Crippen LogP contribution is 2.24. The Bertz CT molecular complexity index is 369. The van der Waals surface area contributed by atoms with Gasteiger partial charge < -0.3 is 9.84 Å². The third-order valence-corrected chi connectivity index (χ3v) is 1.95. The maximum atomic E-state index is 9.01. The van der Waals surface area contributed by atoms with Crippen LogP contribution in [0.4, 0.5) is 0 Å². The van der Waals surface area contributed by atoms with E-state index in [1.165, 1.54) is 0 Å². The maximum absolute atomic E-state index is 9.01. The van der Waals surface area contributed by atoms with E-state index in [0.29, 0.717) is 11.3 Å². The van der Waals surface area contributed by atoms with Crippen molar-refractivity contribution < 1.29 is 9.84 Å². The minimum absolute atomic E-state index is 0.0653. The summed E-state index contributed by atoms with van der Waals surface area (Å²) in [6.07, 6.45) is 1.61. The van der Waals surface area contributed by atoms with Crippen LogP contribution in [0.1, 0.15) is 31.0 Å². The number of aromatic nitrogens is 1. The number of nitrogens with zero attached hydrogens (tertiary/aromatic N) is 2. The van der Waals surface area contributed by atoms with E-state index in [2.05, 4.69) is 11.1 Å². The van der Waals surface area contributed by atoms with Gasteiger partial charge in [0.25, 0.3) is 0 Å². The second-order valence-corrected chi connectivity index (χ2v) is 3.41. The van der Waals surface area contributed by atoms with Crippen LogP contribution in [0, 0.1) is 11.3 Å². The molecule has 0 bridgehead atoms. The van der Waals surface area contributed by atoms with Crippen LogP contribution in [-0.2, 0) is 0 Å². The lowest BCUT2D eigenvalue weighted by Gasteiger charge is -2.11. The van der Waals surface area contributed by atoms with E-state index in [1.54, 1.807) is 12.3 Å². The molecule has 1 N–H and O–H groups in total. The average Bonchev–Trinajstić information content (AvgIpc) is 2.25. The predicted molar refractivity (Wildman–Crippen MR) is 55.6 cm³/mol. The molecular weight excluding hydrogens is 192 g/mol. The molecule has 0 atom stereocenters. The van der Waals surface area contributed by atoms with Gasteiger partial charge in [-0.25, -0.2) is 0 Å². The number of aliphatic hydroxyl groups excluding tert-OH is 1. The van der Waals surface area contributed by atoms with Crippen LogP contribution >= 0.6 is 0 Å². The van der Waals surface area contributed by atoms with E-state index >= 15 is 0 Å². The molecule has 4 heteroatoms. The van der Waals surface area contributed by atoms with Crippen LogP contribution in [0.3, 0.4) is 0 Å². The zero-order chi connectivity index (χ0) is 11.3.